The van der Waals surface area contributed by atoms with Crippen LogP contribution in [0.3, 0.4) is 0 Å². The fourth-order valence-corrected chi connectivity index (χ4v) is 1.81. The van der Waals surface area contributed by atoms with Gasteiger partial charge in [0.05, 0.1) is 23.4 Å². The van der Waals surface area contributed by atoms with Crippen LogP contribution in [0.5, 0.6) is 5.75 Å². The van der Waals surface area contributed by atoms with Crippen molar-refractivity contribution in [2.24, 2.45) is 17.2 Å². The second-order valence-corrected chi connectivity index (χ2v) is 5.02. The molecule has 0 aliphatic heterocycles. The van der Waals surface area contributed by atoms with E-state index in [2.05, 4.69) is 0 Å². The standard InChI is InChI=1S/C13H17N5O6/c14-7(12(21)17-13(22)8(15)5-11(16)20)3-6-1-2-10(19)9(4-6)18(23)24/h1-2,4,7-8,19H,3,5,14-15H2,(H2,16,20)(H,17,21,22)/t7-,8-/m0/s1. The van der Waals surface area contributed by atoms with Crippen molar-refractivity contribution in [3.63, 3.8) is 0 Å². The maximum Gasteiger partial charge on any atom is 0.310 e. The summed E-state index contributed by atoms with van der Waals surface area (Å²) in [4.78, 5) is 44.0. The zero-order chi connectivity index (χ0) is 18.4. The van der Waals surface area contributed by atoms with E-state index in [9.17, 15) is 29.6 Å². The molecule has 0 radical (unpaired) electrons. The Kier molecular flexibility index (Phi) is 6.32. The van der Waals surface area contributed by atoms with Crippen molar-refractivity contribution in [2.45, 2.75) is 24.9 Å². The normalized spacial score (nSPS) is 12.9. The summed E-state index contributed by atoms with van der Waals surface area (Å²) < 4.78 is 0. The van der Waals surface area contributed by atoms with Crippen LogP contribution in [-0.4, -0.2) is 39.8 Å². The van der Waals surface area contributed by atoms with Gasteiger partial charge in [-0.25, -0.2) is 0 Å². The molecule has 11 heteroatoms. The summed E-state index contributed by atoms with van der Waals surface area (Å²) in [6.45, 7) is 0. The number of nitro benzene ring substituents is 1. The number of nitrogens with zero attached hydrogens (tertiary/aromatic N) is 1. The van der Waals surface area contributed by atoms with Crippen LogP contribution in [0.25, 0.3) is 0 Å². The van der Waals surface area contributed by atoms with Crippen molar-refractivity contribution in [2.75, 3.05) is 0 Å². The highest BCUT2D eigenvalue weighted by atomic mass is 16.6. The lowest BCUT2D eigenvalue weighted by atomic mass is 10.0. The van der Waals surface area contributed by atoms with Gasteiger partial charge in [0, 0.05) is 6.07 Å². The minimum absolute atomic E-state index is 0.120. The maximum absolute atomic E-state index is 11.8. The van der Waals surface area contributed by atoms with Crippen LogP contribution in [0.4, 0.5) is 5.69 Å². The van der Waals surface area contributed by atoms with Crippen molar-refractivity contribution in [1.82, 2.24) is 5.32 Å². The Balaban J connectivity index is 2.70. The largest absolute Gasteiger partial charge is 0.502 e. The number of phenolic OH excluding ortho intramolecular Hbond substituents is 1. The zero-order valence-corrected chi connectivity index (χ0v) is 12.5. The number of amides is 3. The molecule has 2 atom stereocenters. The van der Waals surface area contributed by atoms with E-state index in [1.165, 1.54) is 6.07 Å². The highest BCUT2D eigenvalue weighted by Crippen LogP contribution is 2.26. The van der Waals surface area contributed by atoms with Gasteiger partial charge in [-0.2, -0.15) is 0 Å². The number of phenols is 1. The SMILES string of the molecule is NC(=O)C[C@H](N)C(=O)NC(=O)[C@@H](N)Cc1ccc(O)c([N+](=O)[O-])c1. The van der Waals surface area contributed by atoms with Crippen molar-refractivity contribution in [3.8, 4) is 5.75 Å². The van der Waals surface area contributed by atoms with E-state index in [0.29, 0.717) is 5.56 Å². The molecule has 3 amide bonds. The van der Waals surface area contributed by atoms with E-state index in [-0.39, 0.29) is 6.42 Å². The van der Waals surface area contributed by atoms with E-state index >= 15 is 0 Å². The molecule has 0 heterocycles. The lowest BCUT2D eigenvalue weighted by molar-refractivity contribution is -0.385. The van der Waals surface area contributed by atoms with Crippen LogP contribution >= 0.6 is 0 Å². The molecule has 0 saturated carbocycles. The molecule has 8 N–H and O–H groups in total. The predicted molar refractivity (Wildman–Crippen MR) is 81.4 cm³/mol. The van der Waals surface area contributed by atoms with Crippen LogP contribution < -0.4 is 22.5 Å². The number of rotatable bonds is 7. The Bertz CT molecular complexity index is 677. The fraction of sp³-hybridized carbons (Fsp3) is 0.308. The Labute approximate surface area is 135 Å². The molecule has 0 bridgehead atoms. The smallest absolute Gasteiger partial charge is 0.310 e. The van der Waals surface area contributed by atoms with Gasteiger partial charge in [-0.3, -0.25) is 29.8 Å². The molecule has 0 aliphatic carbocycles. The van der Waals surface area contributed by atoms with E-state index in [0.717, 1.165) is 12.1 Å². The molecule has 0 aromatic heterocycles. The predicted octanol–water partition coefficient (Wildman–Crippen LogP) is -1.98. The van der Waals surface area contributed by atoms with Gasteiger partial charge in [0.2, 0.25) is 17.7 Å². The second-order valence-electron chi connectivity index (χ2n) is 5.02. The summed E-state index contributed by atoms with van der Waals surface area (Å²) in [6, 6.07) is 1.05. The molecule has 1 aromatic carbocycles. The van der Waals surface area contributed by atoms with Gasteiger partial charge < -0.3 is 22.3 Å². The van der Waals surface area contributed by atoms with Crippen LogP contribution in [0, 0.1) is 10.1 Å². The molecule has 24 heavy (non-hydrogen) atoms. The number of nitrogens with one attached hydrogen (secondary N) is 1. The molecular formula is C13H17N5O6. The van der Waals surface area contributed by atoms with Crippen molar-refractivity contribution in [1.29, 1.82) is 0 Å². The number of hydrogen-bond acceptors (Lipinski definition) is 8. The third-order valence-corrected chi connectivity index (χ3v) is 3.03. The number of aromatic hydroxyl groups is 1. The molecule has 1 rings (SSSR count). The quantitative estimate of drug-likeness (QED) is 0.277. The number of carbonyl (C=O) groups is 3. The number of imide groups is 1. The number of primary amides is 1. The van der Waals surface area contributed by atoms with Crippen LogP contribution in [0.2, 0.25) is 0 Å². The number of carbonyl (C=O) groups excluding carboxylic acids is 3. The molecule has 0 fully saturated rings. The van der Waals surface area contributed by atoms with Crippen LogP contribution in [0.15, 0.2) is 18.2 Å². The van der Waals surface area contributed by atoms with E-state index in [1.807, 2.05) is 5.32 Å². The Morgan fingerprint density at radius 2 is 1.79 bits per heavy atom. The molecule has 0 saturated heterocycles. The highest BCUT2D eigenvalue weighted by molar-refractivity contribution is 6.01. The van der Waals surface area contributed by atoms with E-state index < -0.39 is 52.6 Å². The summed E-state index contributed by atoms with van der Waals surface area (Å²) in [5.74, 6) is -3.10. The molecule has 0 spiro atoms. The lowest BCUT2D eigenvalue weighted by Gasteiger charge is -2.14. The molecular weight excluding hydrogens is 322 g/mol. The van der Waals surface area contributed by atoms with Gasteiger partial charge in [-0.1, -0.05) is 6.07 Å². The molecule has 130 valence electrons. The van der Waals surface area contributed by atoms with Crippen molar-refractivity contribution < 1.29 is 24.4 Å². The number of benzene rings is 1. The number of nitro groups is 1. The first-order valence-corrected chi connectivity index (χ1v) is 6.72. The van der Waals surface area contributed by atoms with E-state index in [4.69, 9.17) is 17.2 Å². The molecule has 11 nitrogen and oxygen atoms in total. The van der Waals surface area contributed by atoms with Crippen LogP contribution in [0.1, 0.15) is 12.0 Å². The topological polar surface area (TPSA) is 205 Å². The molecule has 0 unspecified atom stereocenters. The van der Waals surface area contributed by atoms with Gasteiger partial charge in [-0.15, -0.1) is 0 Å². The third kappa shape index (κ3) is 5.30. The highest BCUT2D eigenvalue weighted by Gasteiger charge is 2.23. The lowest BCUT2D eigenvalue weighted by Crippen LogP contribution is -2.50. The minimum Gasteiger partial charge on any atom is -0.502 e. The summed E-state index contributed by atoms with van der Waals surface area (Å²) in [6.07, 6.45) is -0.552. The number of hydrogen-bond donors (Lipinski definition) is 5. The van der Waals surface area contributed by atoms with Gasteiger partial charge in [0.25, 0.3) is 0 Å². The number of nitrogens with two attached hydrogens (primary N) is 3. The first-order chi connectivity index (χ1) is 11.1. The Hall–Kier alpha value is -3.05. The minimum atomic E-state index is -1.28. The third-order valence-electron chi connectivity index (χ3n) is 3.03. The Morgan fingerprint density at radius 1 is 1.21 bits per heavy atom. The van der Waals surface area contributed by atoms with Gasteiger partial charge in [0.1, 0.15) is 0 Å². The van der Waals surface area contributed by atoms with Crippen LogP contribution in [-0.2, 0) is 20.8 Å². The Morgan fingerprint density at radius 3 is 2.33 bits per heavy atom. The van der Waals surface area contributed by atoms with E-state index in [1.54, 1.807) is 0 Å². The first-order valence-electron chi connectivity index (χ1n) is 6.72. The van der Waals surface area contributed by atoms with Crippen molar-refractivity contribution >= 4 is 23.4 Å². The zero-order valence-electron chi connectivity index (χ0n) is 12.5. The summed E-state index contributed by atoms with van der Waals surface area (Å²) in [5.41, 5.74) is 15.7. The summed E-state index contributed by atoms with van der Waals surface area (Å²) in [7, 11) is 0. The van der Waals surface area contributed by atoms with Gasteiger partial charge >= 0.3 is 5.69 Å². The van der Waals surface area contributed by atoms with Crippen molar-refractivity contribution in [3.05, 3.63) is 33.9 Å². The average molecular weight is 339 g/mol. The maximum atomic E-state index is 11.8. The second kappa shape index (κ2) is 7.99. The summed E-state index contributed by atoms with van der Waals surface area (Å²) >= 11 is 0. The monoisotopic (exact) mass is 339 g/mol. The first kappa shape index (κ1) is 19.0. The average Bonchev–Trinajstić information content (AvgIpc) is 2.47. The fourth-order valence-electron chi connectivity index (χ4n) is 1.81. The van der Waals surface area contributed by atoms with Gasteiger partial charge in [-0.05, 0) is 18.1 Å². The van der Waals surface area contributed by atoms with Gasteiger partial charge in [0.15, 0.2) is 5.75 Å². The summed E-state index contributed by atoms with van der Waals surface area (Å²) in [5, 5.41) is 22.0. The molecule has 0 aliphatic rings. The molecule has 1 aromatic rings.